The Morgan fingerprint density at radius 2 is 1.94 bits per heavy atom. The molecule has 0 saturated carbocycles. The molecule has 3 N–H and O–H groups in total. The van der Waals surface area contributed by atoms with Crippen LogP contribution in [-0.2, 0) is 9.59 Å². The van der Waals surface area contributed by atoms with Crippen LogP contribution in [0.15, 0.2) is 0 Å². The Labute approximate surface area is 95.8 Å². The normalized spacial score (nSPS) is 16.5. The summed E-state index contributed by atoms with van der Waals surface area (Å²) in [5.74, 6) is -0.320. The Kier molecular flexibility index (Phi) is 5.21. The maximum atomic E-state index is 11.9. The van der Waals surface area contributed by atoms with E-state index in [9.17, 15) is 9.59 Å². The smallest absolute Gasteiger partial charge is 0.236 e. The lowest BCUT2D eigenvalue weighted by Crippen LogP contribution is -2.50. The standard InChI is InChI=1S/C10H20N4O2/c1-2-13(7-9(11)15)8-10(16)14-5-3-12-4-6-14/h12H,2-8H2,1H3,(H2,11,15). The number of carbonyl (C=O) groups is 2. The second-order valence-electron chi connectivity index (χ2n) is 3.90. The van der Waals surface area contributed by atoms with Crippen LogP contribution in [-0.4, -0.2) is 67.4 Å². The van der Waals surface area contributed by atoms with Crippen molar-refractivity contribution in [2.45, 2.75) is 6.92 Å². The molecule has 1 fully saturated rings. The highest BCUT2D eigenvalue weighted by Gasteiger charge is 2.18. The van der Waals surface area contributed by atoms with Crippen molar-refractivity contribution in [3.63, 3.8) is 0 Å². The molecule has 1 rings (SSSR count). The summed E-state index contributed by atoms with van der Waals surface area (Å²) in [7, 11) is 0. The molecular weight excluding hydrogens is 208 g/mol. The first-order valence-corrected chi connectivity index (χ1v) is 5.62. The summed E-state index contributed by atoms with van der Waals surface area (Å²) >= 11 is 0. The fourth-order valence-electron chi connectivity index (χ4n) is 1.71. The molecule has 92 valence electrons. The molecule has 6 heteroatoms. The molecule has 1 saturated heterocycles. The van der Waals surface area contributed by atoms with E-state index in [-0.39, 0.29) is 19.0 Å². The third-order valence-electron chi connectivity index (χ3n) is 2.66. The first-order valence-electron chi connectivity index (χ1n) is 5.62. The molecule has 0 aromatic carbocycles. The number of nitrogens with zero attached hydrogens (tertiary/aromatic N) is 2. The number of piperazine rings is 1. The summed E-state index contributed by atoms with van der Waals surface area (Å²) in [6, 6.07) is 0. The highest BCUT2D eigenvalue weighted by Crippen LogP contribution is 1.96. The average molecular weight is 228 g/mol. The van der Waals surface area contributed by atoms with Crippen molar-refractivity contribution >= 4 is 11.8 Å². The quantitative estimate of drug-likeness (QED) is 0.583. The van der Waals surface area contributed by atoms with Gasteiger partial charge in [-0.15, -0.1) is 0 Å². The number of carbonyl (C=O) groups excluding carboxylic acids is 2. The minimum Gasteiger partial charge on any atom is -0.369 e. The van der Waals surface area contributed by atoms with Crippen LogP contribution in [0.4, 0.5) is 0 Å². The van der Waals surface area contributed by atoms with Crippen molar-refractivity contribution in [1.29, 1.82) is 0 Å². The molecule has 0 radical (unpaired) electrons. The van der Waals surface area contributed by atoms with Crippen molar-refractivity contribution in [2.24, 2.45) is 5.73 Å². The molecular formula is C10H20N4O2. The number of nitrogens with one attached hydrogen (secondary N) is 1. The van der Waals surface area contributed by atoms with Gasteiger partial charge in [0.05, 0.1) is 13.1 Å². The third-order valence-corrected chi connectivity index (χ3v) is 2.66. The van der Waals surface area contributed by atoms with Gasteiger partial charge in [0.1, 0.15) is 0 Å². The molecule has 0 aliphatic carbocycles. The monoisotopic (exact) mass is 228 g/mol. The lowest BCUT2D eigenvalue weighted by atomic mass is 10.3. The highest BCUT2D eigenvalue weighted by atomic mass is 16.2. The summed E-state index contributed by atoms with van der Waals surface area (Å²) in [6.45, 7) is 6.16. The van der Waals surface area contributed by atoms with Gasteiger partial charge in [-0.05, 0) is 6.54 Å². The van der Waals surface area contributed by atoms with E-state index in [2.05, 4.69) is 5.32 Å². The average Bonchev–Trinajstić information content (AvgIpc) is 2.28. The molecule has 2 amide bonds. The van der Waals surface area contributed by atoms with Crippen LogP contribution in [0.1, 0.15) is 6.92 Å². The Morgan fingerprint density at radius 3 is 2.44 bits per heavy atom. The third kappa shape index (κ3) is 4.16. The SMILES string of the molecule is CCN(CC(N)=O)CC(=O)N1CCNCC1. The molecule has 16 heavy (non-hydrogen) atoms. The van der Waals surface area contributed by atoms with Gasteiger partial charge in [0.15, 0.2) is 0 Å². The van der Waals surface area contributed by atoms with E-state index in [1.807, 2.05) is 11.8 Å². The second kappa shape index (κ2) is 6.44. The van der Waals surface area contributed by atoms with Crippen LogP contribution in [0.2, 0.25) is 0 Å². The topological polar surface area (TPSA) is 78.7 Å². The number of nitrogens with two attached hydrogens (primary N) is 1. The van der Waals surface area contributed by atoms with E-state index in [1.165, 1.54) is 0 Å². The molecule has 0 unspecified atom stereocenters. The predicted molar refractivity (Wildman–Crippen MR) is 60.8 cm³/mol. The number of hydrogen-bond donors (Lipinski definition) is 2. The van der Waals surface area contributed by atoms with Crippen molar-refractivity contribution in [1.82, 2.24) is 15.1 Å². The van der Waals surface area contributed by atoms with Crippen LogP contribution in [0, 0.1) is 0 Å². The van der Waals surface area contributed by atoms with Crippen LogP contribution in [0.3, 0.4) is 0 Å². The van der Waals surface area contributed by atoms with E-state index < -0.39 is 5.91 Å². The number of amides is 2. The van der Waals surface area contributed by atoms with Gasteiger partial charge in [0.2, 0.25) is 11.8 Å². The van der Waals surface area contributed by atoms with E-state index in [1.54, 1.807) is 4.90 Å². The molecule has 1 aliphatic heterocycles. The van der Waals surface area contributed by atoms with Crippen molar-refractivity contribution in [2.75, 3.05) is 45.8 Å². The molecule has 0 bridgehead atoms. The summed E-state index contributed by atoms with van der Waals surface area (Å²) in [5, 5.41) is 3.19. The summed E-state index contributed by atoms with van der Waals surface area (Å²) in [6.07, 6.45) is 0. The van der Waals surface area contributed by atoms with Gasteiger partial charge in [-0.1, -0.05) is 6.92 Å². The molecule has 1 aliphatic rings. The van der Waals surface area contributed by atoms with Gasteiger partial charge in [-0.2, -0.15) is 0 Å². The molecule has 0 spiro atoms. The molecule has 1 heterocycles. The fraction of sp³-hybridized carbons (Fsp3) is 0.800. The minimum absolute atomic E-state index is 0.0737. The second-order valence-corrected chi connectivity index (χ2v) is 3.90. The van der Waals surface area contributed by atoms with Gasteiger partial charge >= 0.3 is 0 Å². The molecule has 0 aromatic heterocycles. The predicted octanol–water partition coefficient (Wildman–Crippen LogP) is -1.77. The highest BCUT2D eigenvalue weighted by molar-refractivity contribution is 5.80. The minimum atomic E-state index is -0.394. The summed E-state index contributed by atoms with van der Waals surface area (Å²) < 4.78 is 0. The first kappa shape index (κ1) is 12.9. The van der Waals surface area contributed by atoms with Crippen molar-refractivity contribution in [3.05, 3.63) is 0 Å². The van der Waals surface area contributed by atoms with Gasteiger partial charge in [0.25, 0.3) is 0 Å². The molecule has 0 aromatic rings. The lowest BCUT2D eigenvalue weighted by Gasteiger charge is -2.29. The maximum absolute atomic E-state index is 11.9. The molecule has 6 nitrogen and oxygen atoms in total. The zero-order chi connectivity index (χ0) is 12.0. The Bertz CT molecular complexity index is 251. The van der Waals surface area contributed by atoms with Crippen molar-refractivity contribution in [3.8, 4) is 0 Å². The van der Waals surface area contributed by atoms with E-state index in [0.29, 0.717) is 6.54 Å². The number of hydrogen-bond acceptors (Lipinski definition) is 4. The van der Waals surface area contributed by atoms with E-state index >= 15 is 0 Å². The van der Waals surface area contributed by atoms with Gasteiger partial charge in [-0.3, -0.25) is 14.5 Å². The van der Waals surface area contributed by atoms with Crippen LogP contribution in [0.25, 0.3) is 0 Å². The Morgan fingerprint density at radius 1 is 1.31 bits per heavy atom. The number of likely N-dealkylation sites (N-methyl/N-ethyl adjacent to an activating group) is 1. The largest absolute Gasteiger partial charge is 0.369 e. The lowest BCUT2D eigenvalue weighted by molar-refractivity contribution is -0.133. The van der Waals surface area contributed by atoms with Crippen LogP contribution >= 0.6 is 0 Å². The van der Waals surface area contributed by atoms with E-state index in [4.69, 9.17) is 5.73 Å². The van der Waals surface area contributed by atoms with Crippen LogP contribution in [0.5, 0.6) is 0 Å². The Balaban J connectivity index is 2.38. The summed E-state index contributed by atoms with van der Waals surface area (Å²) in [4.78, 5) is 26.2. The zero-order valence-electron chi connectivity index (χ0n) is 9.74. The first-order chi connectivity index (χ1) is 7.63. The van der Waals surface area contributed by atoms with E-state index in [0.717, 1.165) is 26.2 Å². The zero-order valence-corrected chi connectivity index (χ0v) is 9.74. The number of primary amides is 1. The fourth-order valence-corrected chi connectivity index (χ4v) is 1.71. The van der Waals surface area contributed by atoms with Gasteiger partial charge in [0, 0.05) is 26.2 Å². The number of rotatable bonds is 5. The van der Waals surface area contributed by atoms with Gasteiger partial charge < -0.3 is 16.0 Å². The molecule has 0 atom stereocenters. The van der Waals surface area contributed by atoms with Crippen molar-refractivity contribution < 1.29 is 9.59 Å². The Hall–Kier alpha value is -1.14. The summed E-state index contributed by atoms with van der Waals surface area (Å²) in [5.41, 5.74) is 5.11. The maximum Gasteiger partial charge on any atom is 0.236 e. The van der Waals surface area contributed by atoms with Gasteiger partial charge in [-0.25, -0.2) is 0 Å². The van der Waals surface area contributed by atoms with Crippen LogP contribution < -0.4 is 11.1 Å².